The van der Waals surface area contributed by atoms with E-state index in [4.69, 9.17) is 4.74 Å². The molecular weight excluding hydrogens is 292 g/mol. The normalized spacial score (nSPS) is 19.8. The fraction of sp³-hybridized carbons (Fsp3) is 1.00. The van der Waals surface area contributed by atoms with Crippen LogP contribution in [0.5, 0.6) is 0 Å². The summed E-state index contributed by atoms with van der Waals surface area (Å²) in [5, 5.41) is 0. The second-order valence-corrected chi connectivity index (χ2v) is 8.19. The molecular formula is C23H46O. The summed E-state index contributed by atoms with van der Waals surface area (Å²) in [6, 6.07) is 0. The zero-order chi connectivity index (χ0) is 17.3. The smallest absolute Gasteiger partial charge is 0.0466 e. The summed E-state index contributed by atoms with van der Waals surface area (Å²) in [7, 11) is 0. The highest BCUT2D eigenvalue weighted by Crippen LogP contribution is 2.45. The van der Waals surface area contributed by atoms with Crippen molar-refractivity contribution in [1.82, 2.24) is 0 Å². The third-order valence-corrected chi connectivity index (χ3v) is 5.75. The summed E-state index contributed by atoms with van der Waals surface area (Å²) in [5.41, 5.74) is 0. The zero-order valence-corrected chi connectivity index (χ0v) is 17.0. The van der Waals surface area contributed by atoms with Gasteiger partial charge in [-0.1, -0.05) is 104 Å². The molecule has 0 radical (unpaired) electrons. The lowest BCUT2D eigenvalue weighted by molar-refractivity contribution is 0.127. The third kappa shape index (κ3) is 13.3. The first-order valence-electron chi connectivity index (χ1n) is 11.5. The van der Waals surface area contributed by atoms with Gasteiger partial charge in [0.15, 0.2) is 0 Å². The molecule has 2 unspecified atom stereocenters. The van der Waals surface area contributed by atoms with Crippen molar-refractivity contribution in [2.45, 2.75) is 123 Å². The van der Waals surface area contributed by atoms with Crippen LogP contribution in [0.15, 0.2) is 0 Å². The molecule has 0 spiro atoms. The largest absolute Gasteiger partial charge is 0.381 e. The Morgan fingerprint density at radius 2 is 1.00 bits per heavy atom. The number of unbranched alkanes of at least 4 members (excludes halogenated alkanes) is 11. The highest BCUT2D eigenvalue weighted by atomic mass is 16.5. The molecule has 0 aromatic rings. The Kier molecular flexibility index (Phi) is 15.1. The van der Waals surface area contributed by atoms with Crippen LogP contribution in [0, 0.1) is 11.8 Å². The molecule has 0 aromatic heterocycles. The zero-order valence-electron chi connectivity index (χ0n) is 17.0. The van der Waals surface area contributed by atoms with Crippen molar-refractivity contribution in [3.63, 3.8) is 0 Å². The lowest BCUT2D eigenvalue weighted by atomic mass is 10.0. The molecule has 1 nitrogen and oxygen atoms in total. The van der Waals surface area contributed by atoms with Crippen LogP contribution in [-0.4, -0.2) is 13.2 Å². The molecule has 0 amide bonds. The first-order chi connectivity index (χ1) is 11.9. The van der Waals surface area contributed by atoms with Gasteiger partial charge in [0.1, 0.15) is 0 Å². The molecule has 24 heavy (non-hydrogen) atoms. The van der Waals surface area contributed by atoms with Crippen molar-refractivity contribution in [3.8, 4) is 0 Å². The maximum Gasteiger partial charge on any atom is 0.0466 e. The van der Waals surface area contributed by atoms with Gasteiger partial charge in [0.25, 0.3) is 0 Å². The highest BCUT2D eigenvalue weighted by molar-refractivity contribution is 4.85. The maximum absolute atomic E-state index is 5.62. The molecule has 2 atom stereocenters. The summed E-state index contributed by atoms with van der Waals surface area (Å²) in [4.78, 5) is 0. The Labute approximate surface area is 153 Å². The van der Waals surface area contributed by atoms with E-state index in [1.807, 2.05) is 0 Å². The molecule has 0 aliphatic heterocycles. The number of hydrogen-bond acceptors (Lipinski definition) is 1. The molecule has 0 aromatic carbocycles. The van der Waals surface area contributed by atoms with Crippen molar-refractivity contribution in [2.24, 2.45) is 11.8 Å². The van der Waals surface area contributed by atoms with E-state index in [1.165, 1.54) is 103 Å². The molecule has 1 aliphatic rings. The van der Waals surface area contributed by atoms with Crippen LogP contribution in [0.3, 0.4) is 0 Å². The topological polar surface area (TPSA) is 9.23 Å². The summed E-state index contributed by atoms with van der Waals surface area (Å²) >= 11 is 0. The minimum Gasteiger partial charge on any atom is -0.381 e. The van der Waals surface area contributed by atoms with Gasteiger partial charge >= 0.3 is 0 Å². The summed E-state index contributed by atoms with van der Waals surface area (Å²) in [5.74, 6) is 2.22. The minimum absolute atomic E-state index is 0.971. The Morgan fingerprint density at radius 3 is 1.58 bits per heavy atom. The molecule has 1 heteroatoms. The van der Waals surface area contributed by atoms with Crippen LogP contribution in [0.1, 0.15) is 123 Å². The molecule has 144 valence electrons. The Balaban J connectivity index is 1.72. The SMILES string of the molecule is CCCCCCCCCCC1CC1CCCCCCOCCCC. The van der Waals surface area contributed by atoms with Gasteiger partial charge in [0, 0.05) is 13.2 Å². The van der Waals surface area contributed by atoms with Crippen LogP contribution < -0.4 is 0 Å². The van der Waals surface area contributed by atoms with Gasteiger partial charge in [0.2, 0.25) is 0 Å². The van der Waals surface area contributed by atoms with Crippen molar-refractivity contribution in [1.29, 1.82) is 0 Å². The van der Waals surface area contributed by atoms with Gasteiger partial charge in [0.05, 0.1) is 0 Å². The first kappa shape index (κ1) is 22.0. The Hall–Kier alpha value is -0.0400. The fourth-order valence-electron chi connectivity index (χ4n) is 3.87. The van der Waals surface area contributed by atoms with E-state index in [-0.39, 0.29) is 0 Å². The van der Waals surface area contributed by atoms with Gasteiger partial charge in [-0.3, -0.25) is 0 Å². The average molecular weight is 339 g/mol. The second kappa shape index (κ2) is 16.4. The second-order valence-electron chi connectivity index (χ2n) is 8.19. The van der Waals surface area contributed by atoms with Gasteiger partial charge in [-0.25, -0.2) is 0 Å². The molecule has 1 rings (SSSR count). The molecule has 1 fully saturated rings. The van der Waals surface area contributed by atoms with Gasteiger partial charge < -0.3 is 4.74 Å². The number of rotatable bonds is 19. The van der Waals surface area contributed by atoms with Crippen LogP contribution in [0.4, 0.5) is 0 Å². The monoisotopic (exact) mass is 338 g/mol. The first-order valence-corrected chi connectivity index (χ1v) is 11.5. The highest BCUT2D eigenvalue weighted by Gasteiger charge is 2.34. The van der Waals surface area contributed by atoms with Gasteiger partial charge in [-0.05, 0) is 31.1 Å². The lowest BCUT2D eigenvalue weighted by Crippen LogP contribution is -1.96. The van der Waals surface area contributed by atoms with E-state index >= 15 is 0 Å². The fourth-order valence-corrected chi connectivity index (χ4v) is 3.87. The molecule has 1 aliphatic carbocycles. The quantitative estimate of drug-likeness (QED) is 0.217. The van der Waals surface area contributed by atoms with Crippen molar-refractivity contribution >= 4 is 0 Å². The van der Waals surface area contributed by atoms with E-state index in [0.29, 0.717) is 0 Å². The van der Waals surface area contributed by atoms with Gasteiger partial charge in [-0.2, -0.15) is 0 Å². The third-order valence-electron chi connectivity index (χ3n) is 5.75. The summed E-state index contributed by atoms with van der Waals surface area (Å²) in [6.45, 7) is 6.49. The van der Waals surface area contributed by atoms with Crippen LogP contribution in [0.2, 0.25) is 0 Å². The van der Waals surface area contributed by atoms with E-state index in [9.17, 15) is 0 Å². The van der Waals surface area contributed by atoms with Crippen LogP contribution >= 0.6 is 0 Å². The molecule has 0 N–H and O–H groups in total. The van der Waals surface area contributed by atoms with Crippen LogP contribution in [0.25, 0.3) is 0 Å². The lowest BCUT2D eigenvalue weighted by Gasteiger charge is -2.04. The maximum atomic E-state index is 5.62. The molecule has 1 saturated carbocycles. The van der Waals surface area contributed by atoms with Gasteiger partial charge in [-0.15, -0.1) is 0 Å². The number of hydrogen-bond donors (Lipinski definition) is 0. The average Bonchev–Trinajstić information content (AvgIpc) is 3.34. The Morgan fingerprint density at radius 1 is 0.542 bits per heavy atom. The van der Waals surface area contributed by atoms with Crippen LogP contribution in [-0.2, 0) is 4.74 Å². The predicted octanol–water partition coefficient (Wildman–Crippen LogP) is 7.92. The van der Waals surface area contributed by atoms with E-state index in [0.717, 1.165) is 25.0 Å². The van der Waals surface area contributed by atoms with Crippen molar-refractivity contribution in [2.75, 3.05) is 13.2 Å². The van der Waals surface area contributed by atoms with Crippen molar-refractivity contribution < 1.29 is 4.74 Å². The molecule has 0 heterocycles. The minimum atomic E-state index is 0.971. The Bertz CT molecular complexity index is 250. The van der Waals surface area contributed by atoms with E-state index in [2.05, 4.69) is 13.8 Å². The summed E-state index contributed by atoms with van der Waals surface area (Å²) in [6.07, 6.45) is 24.3. The molecule has 0 saturated heterocycles. The van der Waals surface area contributed by atoms with E-state index < -0.39 is 0 Å². The number of ether oxygens (including phenoxy) is 1. The summed E-state index contributed by atoms with van der Waals surface area (Å²) < 4.78 is 5.62. The molecule has 0 bridgehead atoms. The van der Waals surface area contributed by atoms with E-state index in [1.54, 1.807) is 6.42 Å². The standard InChI is InChI=1S/C23H46O/c1-3-5-7-8-9-10-11-14-17-22-21-23(22)18-15-12-13-16-20-24-19-6-4-2/h22-23H,3-21H2,1-2H3. The predicted molar refractivity (Wildman–Crippen MR) is 108 cm³/mol. The van der Waals surface area contributed by atoms with Crippen molar-refractivity contribution in [3.05, 3.63) is 0 Å².